The zero-order chi connectivity index (χ0) is 20.5. The third-order valence-electron chi connectivity index (χ3n) is 4.31. The van der Waals surface area contributed by atoms with Crippen LogP contribution in [0.25, 0.3) is 6.08 Å². The van der Waals surface area contributed by atoms with Crippen molar-refractivity contribution in [2.24, 2.45) is 0 Å². The number of para-hydroxylation sites is 1. The summed E-state index contributed by atoms with van der Waals surface area (Å²) in [5.74, 6) is -0.0206. The molecule has 0 bridgehead atoms. The van der Waals surface area contributed by atoms with Gasteiger partial charge in [-0.05, 0) is 35.9 Å². The van der Waals surface area contributed by atoms with Crippen molar-refractivity contribution in [3.63, 3.8) is 0 Å². The summed E-state index contributed by atoms with van der Waals surface area (Å²) in [4.78, 5) is 26.1. The molecule has 2 aromatic rings. The Kier molecular flexibility index (Phi) is 6.98. The average molecular weight is 391 g/mol. The van der Waals surface area contributed by atoms with Crippen LogP contribution in [-0.2, 0) is 14.3 Å². The van der Waals surface area contributed by atoms with Crippen molar-refractivity contribution in [1.29, 1.82) is 5.26 Å². The molecular weight excluding hydrogens is 370 g/mol. The van der Waals surface area contributed by atoms with E-state index in [0.717, 1.165) is 0 Å². The van der Waals surface area contributed by atoms with Crippen molar-refractivity contribution >= 4 is 23.6 Å². The normalized spacial score (nSPS) is 14.0. The van der Waals surface area contributed by atoms with Crippen molar-refractivity contribution in [3.05, 3.63) is 65.7 Å². The number of ether oxygens (including phenoxy) is 2. The molecule has 148 valence electrons. The first-order valence-corrected chi connectivity index (χ1v) is 9.22. The zero-order valence-electron chi connectivity index (χ0n) is 15.8. The van der Waals surface area contributed by atoms with Crippen LogP contribution in [0.1, 0.15) is 5.56 Å². The molecule has 0 radical (unpaired) electrons. The van der Waals surface area contributed by atoms with Gasteiger partial charge in [-0.15, -0.1) is 0 Å². The summed E-state index contributed by atoms with van der Waals surface area (Å²) in [6.45, 7) is 2.21. The van der Waals surface area contributed by atoms with Gasteiger partial charge in [0.25, 0.3) is 11.8 Å². The minimum Gasteiger partial charge on any atom is -0.484 e. The summed E-state index contributed by atoms with van der Waals surface area (Å²) in [5.41, 5.74) is 1.29. The van der Waals surface area contributed by atoms with Gasteiger partial charge in [0.2, 0.25) is 0 Å². The maximum atomic E-state index is 12.3. The Hall–Kier alpha value is -3.63. The molecule has 29 heavy (non-hydrogen) atoms. The van der Waals surface area contributed by atoms with E-state index in [1.807, 2.05) is 12.1 Å². The average Bonchev–Trinajstić information content (AvgIpc) is 2.77. The van der Waals surface area contributed by atoms with Crippen LogP contribution in [-0.4, -0.2) is 49.6 Å². The molecule has 2 amide bonds. The number of amides is 2. The van der Waals surface area contributed by atoms with E-state index in [0.29, 0.717) is 43.3 Å². The number of carbonyl (C=O) groups excluding carboxylic acids is 2. The molecule has 0 aliphatic carbocycles. The lowest BCUT2D eigenvalue weighted by molar-refractivity contribution is -0.137. The Bertz CT molecular complexity index is 911. The molecule has 1 heterocycles. The van der Waals surface area contributed by atoms with Gasteiger partial charge in [-0.1, -0.05) is 30.3 Å². The Balaban J connectivity index is 1.57. The molecule has 0 unspecified atom stereocenters. The largest absolute Gasteiger partial charge is 0.484 e. The van der Waals surface area contributed by atoms with Gasteiger partial charge in [0.05, 0.1) is 13.2 Å². The number of anilines is 1. The van der Waals surface area contributed by atoms with Gasteiger partial charge in [-0.2, -0.15) is 5.26 Å². The second kappa shape index (κ2) is 10.1. The van der Waals surface area contributed by atoms with Crippen LogP contribution in [0.4, 0.5) is 5.69 Å². The fraction of sp³-hybridized carbons (Fsp3) is 0.227. The Morgan fingerprint density at radius 2 is 1.79 bits per heavy atom. The molecule has 7 nitrogen and oxygen atoms in total. The molecule has 1 fully saturated rings. The van der Waals surface area contributed by atoms with E-state index in [-0.39, 0.29) is 18.1 Å². The molecule has 2 aromatic carbocycles. The fourth-order valence-corrected chi connectivity index (χ4v) is 2.74. The van der Waals surface area contributed by atoms with Crippen LogP contribution >= 0.6 is 0 Å². The lowest BCUT2D eigenvalue weighted by Crippen LogP contribution is -2.42. The molecule has 0 spiro atoms. The highest BCUT2D eigenvalue weighted by Gasteiger charge is 2.17. The van der Waals surface area contributed by atoms with Crippen LogP contribution in [0, 0.1) is 11.3 Å². The van der Waals surface area contributed by atoms with Crippen molar-refractivity contribution in [1.82, 2.24) is 4.90 Å². The lowest BCUT2D eigenvalue weighted by atomic mass is 10.1. The molecule has 7 heteroatoms. The SMILES string of the molecule is N#C/C(=C\c1ccc(OCC(=O)N2CCOCC2)cc1)C(=O)Nc1ccccc1. The monoisotopic (exact) mass is 391 g/mol. The van der Waals surface area contributed by atoms with Gasteiger partial charge in [-0.3, -0.25) is 9.59 Å². The van der Waals surface area contributed by atoms with E-state index < -0.39 is 5.91 Å². The first kappa shape index (κ1) is 20.1. The van der Waals surface area contributed by atoms with E-state index in [1.54, 1.807) is 53.4 Å². The van der Waals surface area contributed by atoms with Crippen molar-refractivity contribution < 1.29 is 19.1 Å². The molecule has 3 rings (SSSR count). The first-order valence-electron chi connectivity index (χ1n) is 9.22. The number of benzene rings is 2. The molecule has 0 saturated carbocycles. The van der Waals surface area contributed by atoms with Gasteiger partial charge in [0, 0.05) is 18.8 Å². The molecule has 1 aliphatic rings. The van der Waals surface area contributed by atoms with Crippen molar-refractivity contribution in [3.8, 4) is 11.8 Å². The highest BCUT2D eigenvalue weighted by Crippen LogP contribution is 2.16. The number of morpholine rings is 1. The van der Waals surface area contributed by atoms with E-state index in [1.165, 1.54) is 6.08 Å². The topological polar surface area (TPSA) is 91.7 Å². The van der Waals surface area contributed by atoms with E-state index in [2.05, 4.69) is 5.32 Å². The number of rotatable bonds is 6. The second-order valence-electron chi connectivity index (χ2n) is 6.34. The van der Waals surface area contributed by atoms with Gasteiger partial charge in [0.1, 0.15) is 17.4 Å². The number of nitriles is 1. The first-order chi connectivity index (χ1) is 14.2. The minimum absolute atomic E-state index is 0.00924. The Morgan fingerprint density at radius 1 is 1.10 bits per heavy atom. The lowest BCUT2D eigenvalue weighted by Gasteiger charge is -2.26. The van der Waals surface area contributed by atoms with Crippen LogP contribution < -0.4 is 10.1 Å². The van der Waals surface area contributed by atoms with Crippen LogP contribution in [0.3, 0.4) is 0 Å². The van der Waals surface area contributed by atoms with Gasteiger partial charge < -0.3 is 19.7 Å². The predicted octanol–water partition coefficient (Wildman–Crippen LogP) is 2.47. The smallest absolute Gasteiger partial charge is 0.266 e. The highest BCUT2D eigenvalue weighted by molar-refractivity contribution is 6.09. The van der Waals surface area contributed by atoms with Crippen molar-refractivity contribution in [2.45, 2.75) is 0 Å². The quantitative estimate of drug-likeness (QED) is 0.603. The maximum absolute atomic E-state index is 12.3. The molecule has 1 saturated heterocycles. The predicted molar refractivity (Wildman–Crippen MR) is 108 cm³/mol. The third kappa shape index (κ3) is 5.92. The maximum Gasteiger partial charge on any atom is 0.266 e. The molecule has 1 N–H and O–H groups in total. The standard InChI is InChI=1S/C22H21N3O4/c23-15-18(22(27)24-19-4-2-1-3-5-19)14-17-6-8-20(9-7-17)29-16-21(26)25-10-12-28-13-11-25/h1-9,14H,10-13,16H2,(H,24,27)/b18-14+. The zero-order valence-corrected chi connectivity index (χ0v) is 15.8. The molecule has 1 aliphatic heterocycles. The molecule has 0 aromatic heterocycles. The second-order valence-corrected chi connectivity index (χ2v) is 6.34. The minimum atomic E-state index is -0.477. The summed E-state index contributed by atoms with van der Waals surface area (Å²) in [5, 5.41) is 12.0. The van der Waals surface area contributed by atoms with Gasteiger partial charge in [0.15, 0.2) is 6.61 Å². The number of nitrogens with zero attached hydrogens (tertiary/aromatic N) is 2. The van der Waals surface area contributed by atoms with Crippen LogP contribution in [0.2, 0.25) is 0 Å². The van der Waals surface area contributed by atoms with Crippen LogP contribution in [0.15, 0.2) is 60.2 Å². The number of nitrogens with one attached hydrogen (secondary N) is 1. The highest BCUT2D eigenvalue weighted by atomic mass is 16.5. The number of hydrogen-bond donors (Lipinski definition) is 1. The van der Waals surface area contributed by atoms with Crippen LogP contribution in [0.5, 0.6) is 5.75 Å². The van der Waals surface area contributed by atoms with Gasteiger partial charge >= 0.3 is 0 Å². The fourth-order valence-electron chi connectivity index (χ4n) is 2.74. The summed E-state index contributed by atoms with van der Waals surface area (Å²) >= 11 is 0. The third-order valence-corrected chi connectivity index (χ3v) is 4.31. The Morgan fingerprint density at radius 3 is 2.45 bits per heavy atom. The molecule has 0 atom stereocenters. The molecular formula is C22H21N3O4. The number of hydrogen-bond acceptors (Lipinski definition) is 5. The van der Waals surface area contributed by atoms with E-state index in [9.17, 15) is 14.9 Å². The summed E-state index contributed by atoms with van der Waals surface area (Å²) < 4.78 is 10.8. The summed E-state index contributed by atoms with van der Waals surface area (Å²) in [6.07, 6.45) is 1.50. The summed E-state index contributed by atoms with van der Waals surface area (Å²) in [7, 11) is 0. The van der Waals surface area contributed by atoms with Gasteiger partial charge in [-0.25, -0.2) is 0 Å². The summed E-state index contributed by atoms with van der Waals surface area (Å²) in [6, 6.07) is 17.7. The van der Waals surface area contributed by atoms with E-state index in [4.69, 9.17) is 9.47 Å². The number of carbonyl (C=O) groups is 2. The Labute approximate surface area is 169 Å². The van der Waals surface area contributed by atoms with E-state index >= 15 is 0 Å². The van der Waals surface area contributed by atoms with Crippen molar-refractivity contribution in [2.75, 3.05) is 38.2 Å².